The first-order valence-electron chi connectivity index (χ1n) is 8.12. The number of carbonyl (C=O) groups is 1. The molecule has 2 aromatic rings. The zero-order valence-corrected chi connectivity index (χ0v) is 13.5. The van der Waals surface area contributed by atoms with Crippen LogP contribution in [0.5, 0.6) is 11.5 Å². The molecule has 0 fully saturated rings. The van der Waals surface area contributed by atoms with E-state index in [0.717, 1.165) is 29.9 Å². The Balaban J connectivity index is 1.40. The molecule has 0 unspecified atom stereocenters. The van der Waals surface area contributed by atoms with Gasteiger partial charge in [0.1, 0.15) is 17.3 Å². The molecule has 1 aromatic heterocycles. The number of aryl methyl sites for hydroxylation is 1. The zero-order valence-electron chi connectivity index (χ0n) is 13.5. The first-order chi connectivity index (χ1) is 11.7. The molecule has 0 spiro atoms. The summed E-state index contributed by atoms with van der Waals surface area (Å²) >= 11 is 0. The van der Waals surface area contributed by atoms with E-state index in [-0.39, 0.29) is 6.03 Å². The molecule has 3 heterocycles. The van der Waals surface area contributed by atoms with Crippen LogP contribution in [0.15, 0.2) is 16.7 Å². The second-order valence-electron chi connectivity index (χ2n) is 5.97. The minimum absolute atomic E-state index is 0.301. The number of hydrogen-bond acceptors (Lipinski definition) is 5. The molecule has 0 saturated heterocycles. The van der Waals surface area contributed by atoms with Gasteiger partial charge >= 0.3 is 6.03 Å². The molecule has 2 N–H and O–H groups in total. The van der Waals surface area contributed by atoms with Crippen LogP contribution in [-0.2, 0) is 19.3 Å². The van der Waals surface area contributed by atoms with E-state index in [9.17, 15) is 4.79 Å². The van der Waals surface area contributed by atoms with Crippen molar-refractivity contribution in [3.63, 3.8) is 0 Å². The number of fused-ring (bicyclic) bond motifs is 2. The van der Waals surface area contributed by atoms with Crippen LogP contribution in [-0.4, -0.2) is 30.9 Å². The van der Waals surface area contributed by atoms with E-state index in [1.165, 1.54) is 11.1 Å². The summed E-state index contributed by atoms with van der Waals surface area (Å²) in [5.74, 6) is 3.01. The highest BCUT2D eigenvalue weighted by Crippen LogP contribution is 2.40. The predicted octanol–water partition coefficient (Wildman–Crippen LogP) is 2.22. The maximum atomic E-state index is 11.9. The van der Waals surface area contributed by atoms with E-state index >= 15 is 0 Å². The first kappa shape index (κ1) is 14.9. The van der Waals surface area contributed by atoms with E-state index in [2.05, 4.69) is 21.9 Å². The van der Waals surface area contributed by atoms with Crippen molar-refractivity contribution in [2.45, 2.75) is 26.2 Å². The summed E-state index contributed by atoms with van der Waals surface area (Å²) in [6.07, 6.45) is 2.52. The van der Waals surface area contributed by atoms with E-state index in [1.54, 1.807) is 13.0 Å². The Labute approximate surface area is 139 Å². The van der Waals surface area contributed by atoms with E-state index < -0.39 is 0 Å². The molecule has 2 aliphatic rings. The highest BCUT2D eigenvalue weighted by atomic mass is 16.5. The van der Waals surface area contributed by atoms with Gasteiger partial charge in [0.05, 0.1) is 13.2 Å². The van der Waals surface area contributed by atoms with Gasteiger partial charge < -0.3 is 19.3 Å². The van der Waals surface area contributed by atoms with Crippen LogP contribution >= 0.6 is 0 Å². The Kier molecular flexibility index (Phi) is 3.76. The molecule has 0 saturated carbocycles. The molecule has 24 heavy (non-hydrogen) atoms. The summed E-state index contributed by atoms with van der Waals surface area (Å²) in [4.78, 5) is 11.9. The zero-order chi connectivity index (χ0) is 16.5. The molecule has 7 nitrogen and oxygen atoms in total. The Morgan fingerprint density at radius 1 is 1.25 bits per heavy atom. The maximum Gasteiger partial charge on any atom is 0.320 e. The van der Waals surface area contributed by atoms with Crippen molar-refractivity contribution in [1.29, 1.82) is 0 Å². The van der Waals surface area contributed by atoms with Crippen LogP contribution in [0.1, 0.15) is 22.5 Å². The minimum Gasteiger partial charge on any atom is -0.493 e. The second kappa shape index (κ2) is 6.07. The van der Waals surface area contributed by atoms with E-state index in [1.807, 2.05) is 0 Å². The molecule has 126 valence electrons. The maximum absolute atomic E-state index is 11.9. The van der Waals surface area contributed by atoms with Crippen molar-refractivity contribution < 1.29 is 18.8 Å². The van der Waals surface area contributed by atoms with Crippen LogP contribution in [0.25, 0.3) is 0 Å². The Hall–Kier alpha value is -2.70. The number of aromatic nitrogens is 1. The summed E-state index contributed by atoms with van der Waals surface area (Å²) in [6, 6.07) is 3.47. The number of amides is 2. The molecule has 0 aliphatic carbocycles. The molecule has 4 rings (SSSR count). The molecule has 0 atom stereocenters. The van der Waals surface area contributed by atoms with Crippen molar-refractivity contribution in [2.75, 3.05) is 25.1 Å². The third-order valence-electron chi connectivity index (χ3n) is 4.29. The van der Waals surface area contributed by atoms with Crippen molar-refractivity contribution in [1.82, 2.24) is 10.5 Å². The topological polar surface area (TPSA) is 85.6 Å². The third-order valence-corrected chi connectivity index (χ3v) is 4.29. The normalized spacial score (nSPS) is 14.5. The lowest BCUT2D eigenvalue weighted by Gasteiger charge is -2.13. The molecule has 7 heteroatoms. The quantitative estimate of drug-likeness (QED) is 0.898. The highest BCUT2D eigenvalue weighted by Gasteiger charge is 2.26. The number of rotatable bonds is 4. The van der Waals surface area contributed by atoms with Gasteiger partial charge in [-0.2, -0.15) is 0 Å². The monoisotopic (exact) mass is 329 g/mol. The van der Waals surface area contributed by atoms with Crippen LogP contribution in [0.2, 0.25) is 0 Å². The van der Waals surface area contributed by atoms with Crippen molar-refractivity contribution in [2.24, 2.45) is 0 Å². The molecular weight excluding hydrogens is 310 g/mol. The van der Waals surface area contributed by atoms with Gasteiger partial charge in [0.2, 0.25) is 0 Å². The van der Waals surface area contributed by atoms with Crippen molar-refractivity contribution >= 4 is 11.8 Å². The number of urea groups is 1. The summed E-state index contributed by atoms with van der Waals surface area (Å²) in [6.45, 7) is 3.71. The number of nitrogens with zero attached hydrogens (tertiary/aromatic N) is 1. The molecule has 2 amide bonds. The Morgan fingerprint density at radius 3 is 2.96 bits per heavy atom. The second-order valence-corrected chi connectivity index (χ2v) is 5.97. The lowest BCUT2D eigenvalue weighted by atomic mass is 9.97. The summed E-state index contributed by atoms with van der Waals surface area (Å²) < 4.78 is 16.4. The smallest absolute Gasteiger partial charge is 0.320 e. The van der Waals surface area contributed by atoms with Gasteiger partial charge in [-0.1, -0.05) is 5.16 Å². The fourth-order valence-corrected chi connectivity index (χ4v) is 3.24. The Morgan fingerprint density at radius 2 is 2.12 bits per heavy atom. The van der Waals surface area contributed by atoms with Crippen LogP contribution < -0.4 is 20.1 Å². The summed E-state index contributed by atoms with van der Waals surface area (Å²) in [5.41, 5.74) is 3.58. The standard InChI is InChI=1S/C17H19N3O4/c1-10-8-15(20-24-10)19-17(21)18-5-2-13-12-4-7-22-14(12)9-11-3-6-23-16(11)13/h8-9H,2-7H2,1H3,(H2,18,19,20,21). The average molecular weight is 329 g/mol. The number of anilines is 1. The number of carbonyl (C=O) groups excluding carboxylic acids is 1. The van der Waals surface area contributed by atoms with Gasteiger partial charge in [-0.3, -0.25) is 5.32 Å². The van der Waals surface area contributed by atoms with Gasteiger partial charge in [-0.15, -0.1) is 0 Å². The van der Waals surface area contributed by atoms with Crippen molar-refractivity contribution in [3.05, 3.63) is 34.6 Å². The van der Waals surface area contributed by atoms with Crippen molar-refractivity contribution in [3.8, 4) is 11.5 Å². The molecule has 0 bridgehead atoms. The summed E-state index contributed by atoms with van der Waals surface area (Å²) in [7, 11) is 0. The molecule has 2 aliphatic heterocycles. The lowest BCUT2D eigenvalue weighted by Crippen LogP contribution is -2.30. The third kappa shape index (κ3) is 2.77. The Bertz CT molecular complexity index is 752. The lowest BCUT2D eigenvalue weighted by molar-refractivity contribution is 0.252. The number of ether oxygens (including phenoxy) is 2. The van der Waals surface area contributed by atoms with Gasteiger partial charge in [-0.25, -0.2) is 4.79 Å². The SMILES string of the molecule is Cc1cc(NC(=O)NCCc2c3c(cc4c2OCC4)OCC3)no1. The largest absolute Gasteiger partial charge is 0.493 e. The van der Waals surface area contributed by atoms with Gasteiger partial charge in [0, 0.05) is 42.1 Å². The van der Waals surface area contributed by atoms with Gasteiger partial charge in [0.15, 0.2) is 5.82 Å². The molecule has 0 radical (unpaired) electrons. The van der Waals surface area contributed by atoms with Gasteiger partial charge in [0.25, 0.3) is 0 Å². The highest BCUT2D eigenvalue weighted by molar-refractivity contribution is 5.88. The predicted molar refractivity (Wildman–Crippen MR) is 86.8 cm³/mol. The molecule has 1 aromatic carbocycles. The van der Waals surface area contributed by atoms with Gasteiger partial charge in [-0.05, 0) is 19.4 Å². The van der Waals surface area contributed by atoms with E-state index in [0.29, 0.717) is 37.8 Å². The number of benzene rings is 1. The number of nitrogens with one attached hydrogen (secondary N) is 2. The first-order valence-corrected chi connectivity index (χ1v) is 8.12. The number of hydrogen-bond donors (Lipinski definition) is 2. The minimum atomic E-state index is -0.301. The average Bonchev–Trinajstić information content (AvgIpc) is 3.27. The van der Waals surface area contributed by atoms with Crippen LogP contribution in [0, 0.1) is 6.92 Å². The fraction of sp³-hybridized carbons (Fsp3) is 0.412. The van der Waals surface area contributed by atoms with Crippen LogP contribution in [0.3, 0.4) is 0 Å². The fourth-order valence-electron chi connectivity index (χ4n) is 3.24. The molecular formula is C17H19N3O4. The van der Waals surface area contributed by atoms with Crippen LogP contribution in [0.4, 0.5) is 10.6 Å². The summed E-state index contributed by atoms with van der Waals surface area (Å²) in [5, 5.41) is 9.22. The van der Waals surface area contributed by atoms with E-state index in [4.69, 9.17) is 14.0 Å².